The lowest BCUT2D eigenvalue weighted by molar-refractivity contribution is -0.141. The second-order valence-corrected chi connectivity index (χ2v) is 5.52. The predicted molar refractivity (Wildman–Crippen MR) is 74.6 cm³/mol. The van der Waals surface area contributed by atoms with E-state index in [9.17, 15) is 14.3 Å². The molecule has 0 unspecified atom stereocenters. The molecule has 0 radical (unpaired) electrons. The minimum atomic E-state index is -0.876. The summed E-state index contributed by atoms with van der Waals surface area (Å²) in [6.45, 7) is 2.99. The third kappa shape index (κ3) is 2.99. The maximum absolute atomic E-state index is 13.4. The molecule has 6 nitrogen and oxygen atoms in total. The number of carbonyl (C=O) groups is 1. The lowest BCUT2D eigenvalue weighted by Crippen LogP contribution is -2.23. The summed E-state index contributed by atoms with van der Waals surface area (Å²) in [4.78, 5) is 13.4. The highest BCUT2D eigenvalue weighted by Gasteiger charge is 2.39. The SMILES string of the molecule is Cc1nnc(CN2C[C@@H](C(=O)O)[C@H](c3cccc(F)c3)C2)o1. The summed E-state index contributed by atoms with van der Waals surface area (Å²) in [7, 11) is 0. The largest absolute Gasteiger partial charge is 0.481 e. The second kappa shape index (κ2) is 5.84. The number of aliphatic carboxylic acids is 1. The Morgan fingerprint density at radius 1 is 1.45 bits per heavy atom. The molecule has 1 aliphatic heterocycles. The van der Waals surface area contributed by atoms with E-state index in [0.29, 0.717) is 37.0 Å². The Bertz CT molecular complexity index is 688. The van der Waals surface area contributed by atoms with Crippen LogP contribution in [0, 0.1) is 18.7 Å². The molecule has 2 aromatic rings. The topological polar surface area (TPSA) is 79.5 Å². The van der Waals surface area contributed by atoms with Crippen LogP contribution < -0.4 is 0 Å². The van der Waals surface area contributed by atoms with Gasteiger partial charge in [0.2, 0.25) is 11.8 Å². The van der Waals surface area contributed by atoms with Crippen LogP contribution in [0.4, 0.5) is 4.39 Å². The highest BCUT2D eigenvalue weighted by molar-refractivity contribution is 5.72. The van der Waals surface area contributed by atoms with E-state index >= 15 is 0 Å². The molecule has 1 N–H and O–H groups in total. The van der Waals surface area contributed by atoms with E-state index < -0.39 is 11.9 Å². The van der Waals surface area contributed by atoms with Gasteiger partial charge >= 0.3 is 5.97 Å². The van der Waals surface area contributed by atoms with Gasteiger partial charge in [0.15, 0.2) is 0 Å². The molecule has 1 fully saturated rings. The van der Waals surface area contributed by atoms with Crippen molar-refractivity contribution in [1.29, 1.82) is 0 Å². The number of carboxylic acids is 1. The minimum absolute atomic E-state index is 0.253. The molecule has 3 rings (SSSR count). The van der Waals surface area contributed by atoms with Crippen molar-refractivity contribution in [2.24, 2.45) is 5.92 Å². The van der Waals surface area contributed by atoms with Gasteiger partial charge in [-0.25, -0.2) is 4.39 Å². The fraction of sp³-hybridized carbons (Fsp3) is 0.400. The molecule has 7 heteroatoms. The zero-order valence-corrected chi connectivity index (χ0v) is 12.1. The highest BCUT2D eigenvalue weighted by atomic mass is 19.1. The van der Waals surface area contributed by atoms with Crippen LogP contribution in [0.1, 0.15) is 23.3 Å². The van der Waals surface area contributed by atoms with E-state index in [2.05, 4.69) is 10.2 Å². The average Bonchev–Trinajstić information content (AvgIpc) is 3.06. The zero-order chi connectivity index (χ0) is 15.7. The molecule has 0 aliphatic carbocycles. The molecular formula is C15H16FN3O3. The van der Waals surface area contributed by atoms with Crippen LogP contribution in [-0.4, -0.2) is 39.3 Å². The smallest absolute Gasteiger partial charge is 0.308 e. The molecule has 2 heterocycles. The van der Waals surface area contributed by atoms with E-state index in [1.165, 1.54) is 12.1 Å². The van der Waals surface area contributed by atoms with Crippen LogP contribution in [0.25, 0.3) is 0 Å². The van der Waals surface area contributed by atoms with Crippen LogP contribution in [-0.2, 0) is 11.3 Å². The van der Waals surface area contributed by atoms with Crippen LogP contribution >= 0.6 is 0 Å². The maximum atomic E-state index is 13.4. The summed E-state index contributed by atoms with van der Waals surface area (Å²) >= 11 is 0. The number of carboxylic acid groups (broad SMARTS) is 1. The van der Waals surface area contributed by atoms with Crippen molar-refractivity contribution in [3.8, 4) is 0 Å². The van der Waals surface area contributed by atoms with E-state index in [0.717, 1.165) is 0 Å². The van der Waals surface area contributed by atoms with Crippen molar-refractivity contribution in [1.82, 2.24) is 15.1 Å². The van der Waals surface area contributed by atoms with E-state index in [-0.39, 0.29) is 11.7 Å². The molecule has 0 spiro atoms. The fourth-order valence-corrected chi connectivity index (χ4v) is 2.93. The molecule has 1 saturated heterocycles. The van der Waals surface area contributed by atoms with Crippen molar-refractivity contribution in [3.05, 3.63) is 47.4 Å². The molecule has 1 aliphatic rings. The Morgan fingerprint density at radius 2 is 2.27 bits per heavy atom. The first-order valence-electron chi connectivity index (χ1n) is 7.02. The van der Waals surface area contributed by atoms with Crippen LogP contribution in [0.5, 0.6) is 0 Å². The molecule has 0 amide bonds. The summed E-state index contributed by atoms with van der Waals surface area (Å²) < 4.78 is 18.7. The van der Waals surface area contributed by atoms with Crippen molar-refractivity contribution in [3.63, 3.8) is 0 Å². The zero-order valence-electron chi connectivity index (χ0n) is 12.1. The summed E-state index contributed by atoms with van der Waals surface area (Å²) in [5, 5.41) is 17.1. The molecule has 116 valence electrons. The summed E-state index contributed by atoms with van der Waals surface area (Å²) in [6, 6.07) is 6.13. The number of hydrogen-bond donors (Lipinski definition) is 1. The van der Waals surface area contributed by atoms with Crippen molar-refractivity contribution >= 4 is 5.97 Å². The number of nitrogens with zero attached hydrogens (tertiary/aromatic N) is 3. The quantitative estimate of drug-likeness (QED) is 0.928. The Hall–Kier alpha value is -2.28. The Balaban J connectivity index is 1.79. The van der Waals surface area contributed by atoms with E-state index in [4.69, 9.17) is 4.42 Å². The minimum Gasteiger partial charge on any atom is -0.481 e. The summed E-state index contributed by atoms with van der Waals surface area (Å²) in [6.07, 6.45) is 0. The fourth-order valence-electron chi connectivity index (χ4n) is 2.93. The summed E-state index contributed by atoms with van der Waals surface area (Å²) in [5.41, 5.74) is 0.705. The number of aromatic nitrogens is 2. The molecule has 0 bridgehead atoms. The number of rotatable bonds is 4. The van der Waals surface area contributed by atoms with Gasteiger partial charge in [0, 0.05) is 25.9 Å². The van der Waals surface area contributed by atoms with Crippen molar-refractivity contribution < 1.29 is 18.7 Å². The predicted octanol–water partition coefficient (Wildman–Crippen LogP) is 1.82. The first-order valence-corrected chi connectivity index (χ1v) is 7.02. The number of halogens is 1. The van der Waals surface area contributed by atoms with E-state index in [1.54, 1.807) is 19.1 Å². The van der Waals surface area contributed by atoms with Gasteiger partial charge in [-0.15, -0.1) is 10.2 Å². The van der Waals surface area contributed by atoms with Crippen LogP contribution in [0.15, 0.2) is 28.7 Å². The maximum Gasteiger partial charge on any atom is 0.308 e. The molecular weight excluding hydrogens is 289 g/mol. The molecule has 1 aromatic heterocycles. The average molecular weight is 305 g/mol. The molecule has 1 aromatic carbocycles. The van der Waals surface area contributed by atoms with Crippen molar-refractivity contribution in [2.75, 3.05) is 13.1 Å². The van der Waals surface area contributed by atoms with Gasteiger partial charge in [-0.3, -0.25) is 9.69 Å². The van der Waals surface area contributed by atoms with Gasteiger partial charge in [-0.2, -0.15) is 0 Å². The van der Waals surface area contributed by atoms with Gasteiger partial charge in [0.1, 0.15) is 5.82 Å². The number of aryl methyl sites for hydroxylation is 1. The Kier molecular flexibility index (Phi) is 3.89. The van der Waals surface area contributed by atoms with Gasteiger partial charge in [-0.1, -0.05) is 12.1 Å². The van der Waals surface area contributed by atoms with Gasteiger partial charge in [-0.05, 0) is 17.7 Å². The number of likely N-dealkylation sites (tertiary alicyclic amines) is 1. The lowest BCUT2D eigenvalue weighted by Gasteiger charge is -2.15. The number of hydrogen-bond acceptors (Lipinski definition) is 5. The van der Waals surface area contributed by atoms with E-state index in [1.807, 2.05) is 4.90 Å². The summed E-state index contributed by atoms with van der Waals surface area (Å²) in [5.74, 6) is -1.12. The van der Waals surface area contributed by atoms with Gasteiger partial charge in [0.05, 0.1) is 12.5 Å². The molecule has 22 heavy (non-hydrogen) atoms. The second-order valence-electron chi connectivity index (χ2n) is 5.52. The normalized spacial score (nSPS) is 22.1. The number of benzene rings is 1. The van der Waals surface area contributed by atoms with Crippen molar-refractivity contribution in [2.45, 2.75) is 19.4 Å². The highest BCUT2D eigenvalue weighted by Crippen LogP contribution is 2.33. The third-order valence-electron chi connectivity index (χ3n) is 3.92. The lowest BCUT2D eigenvalue weighted by atomic mass is 9.89. The Labute approximate surface area is 126 Å². The molecule has 2 atom stereocenters. The standard InChI is InChI=1S/C15H16FN3O3/c1-9-17-18-14(22-9)8-19-6-12(13(7-19)15(20)21)10-3-2-4-11(16)5-10/h2-5,12-13H,6-8H2,1H3,(H,20,21)/t12-,13+/m0/s1. The van der Waals surface area contributed by atoms with Crippen LogP contribution in [0.3, 0.4) is 0 Å². The monoisotopic (exact) mass is 305 g/mol. The van der Waals surface area contributed by atoms with Crippen LogP contribution in [0.2, 0.25) is 0 Å². The first kappa shape index (κ1) is 14.6. The van der Waals surface area contributed by atoms with Gasteiger partial charge < -0.3 is 9.52 Å². The Morgan fingerprint density at radius 3 is 2.91 bits per heavy atom. The van der Waals surface area contributed by atoms with Gasteiger partial charge in [0.25, 0.3) is 0 Å². The molecule has 0 saturated carbocycles. The third-order valence-corrected chi connectivity index (χ3v) is 3.92. The first-order chi connectivity index (χ1) is 10.5.